The van der Waals surface area contributed by atoms with Crippen molar-refractivity contribution in [2.24, 2.45) is 0 Å². The normalized spacial score (nSPS) is 11.4. The molecule has 0 aliphatic heterocycles. The van der Waals surface area contributed by atoms with Gasteiger partial charge < -0.3 is 20.1 Å². The zero-order chi connectivity index (χ0) is 21.1. The SMILES string of the molecule is CCCCC(NC(=O)c1ccccc1)C(=O)NCCc1ccc(OC)c(OC)c1. The average molecular weight is 399 g/mol. The van der Waals surface area contributed by atoms with E-state index in [0.717, 1.165) is 18.4 Å². The van der Waals surface area contributed by atoms with Gasteiger partial charge in [0.05, 0.1) is 14.2 Å². The zero-order valence-electron chi connectivity index (χ0n) is 17.4. The highest BCUT2D eigenvalue weighted by atomic mass is 16.5. The van der Waals surface area contributed by atoms with Crippen LogP contribution in [0.1, 0.15) is 42.1 Å². The number of rotatable bonds is 11. The molecule has 2 amide bonds. The van der Waals surface area contributed by atoms with Crippen molar-refractivity contribution in [3.63, 3.8) is 0 Å². The number of amides is 2. The van der Waals surface area contributed by atoms with Crippen molar-refractivity contribution in [1.29, 1.82) is 0 Å². The molecule has 29 heavy (non-hydrogen) atoms. The van der Waals surface area contributed by atoms with E-state index in [1.165, 1.54) is 0 Å². The molecule has 6 heteroatoms. The predicted molar refractivity (Wildman–Crippen MR) is 113 cm³/mol. The molecule has 0 aromatic heterocycles. The third kappa shape index (κ3) is 6.82. The summed E-state index contributed by atoms with van der Waals surface area (Å²) in [5.41, 5.74) is 1.58. The quantitative estimate of drug-likeness (QED) is 0.609. The summed E-state index contributed by atoms with van der Waals surface area (Å²) in [7, 11) is 3.19. The van der Waals surface area contributed by atoms with Crippen LogP contribution in [-0.2, 0) is 11.2 Å². The maximum atomic E-state index is 12.7. The highest BCUT2D eigenvalue weighted by Gasteiger charge is 2.20. The number of hydrogen-bond donors (Lipinski definition) is 2. The lowest BCUT2D eigenvalue weighted by Gasteiger charge is -2.18. The maximum absolute atomic E-state index is 12.7. The van der Waals surface area contributed by atoms with Gasteiger partial charge in [0.15, 0.2) is 11.5 Å². The van der Waals surface area contributed by atoms with Crippen LogP contribution in [0.4, 0.5) is 0 Å². The van der Waals surface area contributed by atoms with Crippen LogP contribution in [0.5, 0.6) is 11.5 Å². The van der Waals surface area contributed by atoms with Gasteiger partial charge in [-0.3, -0.25) is 9.59 Å². The highest BCUT2D eigenvalue weighted by molar-refractivity contribution is 5.97. The first kappa shape index (κ1) is 22.3. The Kier molecular flexibility index (Phi) is 9.02. The van der Waals surface area contributed by atoms with Crippen molar-refractivity contribution in [3.8, 4) is 11.5 Å². The Labute approximate surface area is 172 Å². The van der Waals surface area contributed by atoms with Crippen molar-refractivity contribution in [3.05, 3.63) is 59.7 Å². The first-order chi connectivity index (χ1) is 14.1. The highest BCUT2D eigenvalue weighted by Crippen LogP contribution is 2.27. The lowest BCUT2D eigenvalue weighted by atomic mass is 10.1. The van der Waals surface area contributed by atoms with Crippen LogP contribution in [-0.4, -0.2) is 38.6 Å². The summed E-state index contributed by atoms with van der Waals surface area (Å²) in [6, 6.07) is 14.1. The molecule has 0 heterocycles. The minimum atomic E-state index is -0.548. The summed E-state index contributed by atoms with van der Waals surface area (Å²) in [4.78, 5) is 25.1. The van der Waals surface area contributed by atoms with Crippen LogP contribution in [0.3, 0.4) is 0 Å². The first-order valence-corrected chi connectivity index (χ1v) is 9.93. The predicted octanol–water partition coefficient (Wildman–Crippen LogP) is 3.35. The summed E-state index contributed by atoms with van der Waals surface area (Å²) in [6.45, 7) is 2.53. The Balaban J connectivity index is 1.93. The van der Waals surface area contributed by atoms with Gasteiger partial charge in [0, 0.05) is 12.1 Å². The van der Waals surface area contributed by atoms with Gasteiger partial charge in [0.2, 0.25) is 5.91 Å². The van der Waals surface area contributed by atoms with Gasteiger partial charge >= 0.3 is 0 Å². The zero-order valence-corrected chi connectivity index (χ0v) is 17.4. The van der Waals surface area contributed by atoms with Crippen molar-refractivity contribution < 1.29 is 19.1 Å². The molecule has 2 aromatic carbocycles. The standard InChI is InChI=1S/C23H30N2O4/c1-4-5-11-19(25-22(26)18-9-7-6-8-10-18)23(27)24-15-14-17-12-13-20(28-2)21(16-17)29-3/h6-10,12-13,16,19H,4-5,11,14-15H2,1-3H3,(H,24,27)(H,25,26). The molecule has 6 nitrogen and oxygen atoms in total. The van der Waals surface area contributed by atoms with Crippen LogP contribution >= 0.6 is 0 Å². The van der Waals surface area contributed by atoms with Crippen molar-refractivity contribution in [1.82, 2.24) is 10.6 Å². The topological polar surface area (TPSA) is 76.7 Å². The van der Waals surface area contributed by atoms with Crippen LogP contribution in [0, 0.1) is 0 Å². The van der Waals surface area contributed by atoms with E-state index in [1.807, 2.05) is 24.3 Å². The molecule has 0 saturated carbocycles. The van der Waals surface area contributed by atoms with Crippen LogP contribution in [0.15, 0.2) is 48.5 Å². The number of nitrogens with one attached hydrogen (secondary N) is 2. The largest absolute Gasteiger partial charge is 0.493 e. The van der Waals surface area contributed by atoms with Gasteiger partial charge in [-0.05, 0) is 42.7 Å². The number of unbranched alkanes of at least 4 members (excludes halogenated alkanes) is 1. The smallest absolute Gasteiger partial charge is 0.251 e. The second kappa shape index (κ2) is 11.7. The lowest BCUT2D eigenvalue weighted by molar-refractivity contribution is -0.123. The number of carbonyl (C=O) groups excluding carboxylic acids is 2. The van der Waals surface area contributed by atoms with Crippen LogP contribution in [0.25, 0.3) is 0 Å². The van der Waals surface area contributed by atoms with E-state index in [0.29, 0.717) is 36.4 Å². The molecule has 1 unspecified atom stereocenters. The molecule has 0 saturated heterocycles. The molecule has 0 bridgehead atoms. The maximum Gasteiger partial charge on any atom is 0.251 e. The molecule has 0 spiro atoms. The van der Waals surface area contributed by atoms with E-state index in [-0.39, 0.29) is 11.8 Å². The third-order valence-corrected chi connectivity index (χ3v) is 4.67. The number of methoxy groups -OCH3 is 2. The molecule has 156 valence electrons. The van der Waals surface area contributed by atoms with Gasteiger partial charge in [0.1, 0.15) is 6.04 Å². The minimum Gasteiger partial charge on any atom is -0.493 e. The second-order valence-corrected chi connectivity index (χ2v) is 6.76. The molecule has 2 N–H and O–H groups in total. The Morgan fingerprint density at radius 3 is 2.38 bits per heavy atom. The average Bonchev–Trinajstić information content (AvgIpc) is 2.76. The van der Waals surface area contributed by atoms with E-state index in [4.69, 9.17) is 9.47 Å². The molecular weight excluding hydrogens is 368 g/mol. The van der Waals surface area contributed by atoms with E-state index in [2.05, 4.69) is 17.6 Å². The molecule has 2 rings (SSSR count). The molecule has 0 aliphatic carbocycles. The summed E-state index contributed by atoms with van der Waals surface area (Å²) in [6.07, 6.45) is 3.08. The van der Waals surface area contributed by atoms with Gasteiger partial charge in [-0.15, -0.1) is 0 Å². The van der Waals surface area contributed by atoms with Gasteiger partial charge in [0.25, 0.3) is 5.91 Å². The van der Waals surface area contributed by atoms with E-state index < -0.39 is 6.04 Å². The first-order valence-electron chi connectivity index (χ1n) is 9.93. The summed E-state index contributed by atoms with van der Waals surface area (Å²) < 4.78 is 10.6. The van der Waals surface area contributed by atoms with E-state index in [1.54, 1.807) is 38.5 Å². The number of ether oxygens (including phenoxy) is 2. The van der Waals surface area contributed by atoms with Crippen LogP contribution < -0.4 is 20.1 Å². The van der Waals surface area contributed by atoms with Gasteiger partial charge in [-0.25, -0.2) is 0 Å². The van der Waals surface area contributed by atoms with Crippen molar-refractivity contribution >= 4 is 11.8 Å². The van der Waals surface area contributed by atoms with E-state index >= 15 is 0 Å². The fraction of sp³-hybridized carbons (Fsp3) is 0.391. The fourth-order valence-corrected chi connectivity index (χ4v) is 3.00. The monoisotopic (exact) mass is 398 g/mol. The minimum absolute atomic E-state index is 0.164. The molecule has 1 atom stereocenters. The van der Waals surface area contributed by atoms with Crippen molar-refractivity contribution in [2.45, 2.75) is 38.6 Å². The van der Waals surface area contributed by atoms with E-state index in [9.17, 15) is 9.59 Å². The number of benzene rings is 2. The van der Waals surface area contributed by atoms with Crippen LogP contribution in [0.2, 0.25) is 0 Å². The molecule has 0 fully saturated rings. The molecule has 2 aromatic rings. The Morgan fingerprint density at radius 2 is 1.72 bits per heavy atom. The van der Waals surface area contributed by atoms with Crippen molar-refractivity contribution in [2.75, 3.05) is 20.8 Å². The third-order valence-electron chi connectivity index (χ3n) is 4.67. The summed E-state index contributed by atoms with van der Waals surface area (Å²) in [5, 5.41) is 5.80. The van der Waals surface area contributed by atoms with Gasteiger partial charge in [-0.2, -0.15) is 0 Å². The second-order valence-electron chi connectivity index (χ2n) is 6.76. The number of hydrogen-bond acceptors (Lipinski definition) is 4. The number of carbonyl (C=O) groups is 2. The lowest BCUT2D eigenvalue weighted by Crippen LogP contribution is -2.47. The summed E-state index contributed by atoms with van der Waals surface area (Å²) >= 11 is 0. The molecular formula is C23H30N2O4. The van der Waals surface area contributed by atoms with Gasteiger partial charge in [-0.1, -0.05) is 44.0 Å². The summed E-state index contributed by atoms with van der Waals surface area (Å²) in [5.74, 6) is 0.931. The Morgan fingerprint density at radius 1 is 1.00 bits per heavy atom. The fourth-order valence-electron chi connectivity index (χ4n) is 3.00. The molecule has 0 aliphatic rings. The molecule has 0 radical (unpaired) electrons. The Hall–Kier alpha value is -3.02. The Bertz CT molecular complexity index is 793.